The summed E-state index contributed by atoms with van der Waals surface area (Å²) >= 11 is 0. The molecule has 1 aliphatic carbocycles. The predicted molar refractivity (Wildman–Crippen MR) is 84.6 cm³/mol. The van der Waals surface area contributed by atoms with Crippen LogP contribution in [0.25, 0.3) is 0 Å². The number of carbonyl (C=O) groups excluding carboxylic acids is 1. The van der Waals surface area contributed by atoms with E-state index in [1.165, 1.54) is 32.1 Å². The van der Waals surface area contributed by atoms with E-state index in [0.717, 1.165) is 11.1 Å². The second-order valence-corrected chi connectivity index (χ2v) is 6.28. The van der Waals surface area contributed by atoms with Gasteiger partial charge < -0.3 is 10.4 Å². The zero-order chi connectivity index (χ0) is 15.1. The third kappa shape index (κ3) is 4.85. The van der Waals surface area contributed by atoms with Crippen LogP contribution in [0.1, 0.15) is 56.6 Å². The van der Waals surface area contributed by atoms with Gasteiger partial charge in [0, 0.05) is 13.0 Å². The number of aliphatic hydroxyl groups is 1. The average Bonchev–Trinajstić information content (AvgIpc) is 2.54. The zero-order valence-corrected chi connectivity index (χ0v) is 13.0. The van der Waals surface area contributed by atoms with Crippen LogP contribution < -0.4 is 5.32 Å². The van der Waals surface area contributed by atoms with E-state index in [4.69, 9.17) is 0 Å². The van der Waals surface area contributed by atoms with Crippen LogP contribution in [0, 0.1) is 11.8 Å². The average molecular weight is 289 g/mol. The van der Waals surface area contributed by atoms with Gasteiger partial charge in [-0.2, -0.15) is 0 Å². The largest absolute Gasteiger partial charge is 0.392 e. The summed E-state index contributed by atoms with van der Waals surface area (Å²) in [6, 6.07) is 7.69. The van der Waals surface area contributed by atoms with Crippen molar-refractivity contribution >= 4 is 5.91 Å². The molecule has 0 saturated heterocycles. The number of hydrogen-bond donors (Lipinski definition) is 2. The van der Waals surface area contributed by atoms with Crippen LogP contribution in [0.4, 0.5) is 0 Å². The first-order chi connectivity index (χ1) is 10.2. The van der Waals surface area contributed by atoms with Crippen molar-refractivity contribution in [3.05, 3.63) is 35.4 Å². The highest BCUT2D eigenvalue weighted by Gasteiger charge is 2.22. The summed E-state index contributed by atoms with van der Waals surface area (Å²) in [4.78, 5) is 12.1. The Morgan fingerprint density at radius 2 is 1.90 bits per heavy atom. The van der Waals surface area contributed by atoms with Gasteiger partial charge in [-0.3, -0.25) is 4.79 Å². The summed E-state index contributed by atoms with van der Waals surface area (Å²) in [5.74, 6) is 1.31. The maximum Gasteiger partial charge on any atom is 0.220 e. The summed E-state index contributed by atoms with van der Waals surface area (Å²) in [7, 11) is 0. The summed E-state index contributed by atoms with van der Waals surface area (Å²) in [5.41, 5.74) is 1.89. The second-order valence-electron chi connectivity index (χ2n) is 6.28. The van der Waals surface area contributed by atoms with E-state index in [2.05, 4.69) is 12.2 Å². The van der Waals surface area contributed by atoms with Crippen molar-refractivity contribution in [1.82, 2.24) is 5.32 Å². The van der Waals surface area contributed by atoms with Crippen molar-refractivity contribution in [3.63, 3.8) is 0 Å². The second kappa shape index (κ2) is 8.18. The fourth-order valence-corrected chi connectivity index (χ4v) is 3.31. The molecule has 1 aromatic rings. The van der Waals surface area contributed by atoms with Gasteiger partial charge in [0.15, 0.2) is 0 Å². The van der Waals surface area contributed by atoms with Crippen molar-refractivity contribution in [2.45, 2.75) is 58.6 Å². The lowest BCUT2D eigenvalue weighted by molar-refractivity contribution is -0.122. The molecule has 1 saturated carbocycles. The molecule has 1 aromatic carbocycles. The maximum atomic E-state index is 12.1. The van der Waals surface area contributed by atoms with Gasteiger partial charge in [-0.05, 0) is 23.0 Å². The van der Waals surface area contributed by atoms with E-state index >= 15 is 0 Å². The minimum absolute atomic E-state index is 0.0184. The summed E-state index contributed by atoms with van der Waals surface area (Å²) in [5, 5.41) is 12.3. The first-order valence-electron chi connectivity index (χ1n) is 8.15. The fourth-order valence-electron chi connectivity index (χ4n) is 3.31. The van der Waals surface area contributed by atoms with E-state index in [1.54, 1.807) is 0 Å². The van der Waals surface area contributed by atoms with Gasteiger partial charge in [-0.1, -0.05) is 63.3 Å². The smallest absolute Gasteiger partial charge is 0.220 e. The van der Waals surface area contributed by atoms with Crippen LogP contribution in [0.5, 0.6) is 0 Å². The number of nitrogens with one attached hydrogen (secondary N) is 1. The first kappa shape index (κ1) is 16.0. The normalized spacial score (nSPS) is 17.4. The summed E-state index contributed by atoms with van der Waals surface area (Å²) < 4.78 is 0. The molecule has 2 N–H and O–H groups in total. The van der Waals surface area contributed by atoms with Crippen molar-refractivity contribution in [3.8, 4) is 0 Å². The number of amides is 1. The fraction of sp³-hybridized carbons (Fsp3) is 0.611. The number of aliphatic hydroxyl groups excluding tert-OH is 1. The van der Waals surface area contributed by atoms with Gasteiger partial charge in [0.2, 0.25) is 5.91 Å². The minimum atomic E-state index is 0.0184. The van der Waals surface area contributed by atoms with E-state index in [-0.39, 0.29) is 12.5 Å². The van der Waals surface area contributed by atoms with Crippen LogP contribution in [0.15, 0.2) is 24.3 Å². The molecule has 0 aliphatic heterocycles. The third-order valence-electron chi connectivity index (χ3n) is 4.73. The van der Waals surface area contributed by atoms with Gasteiger partial charge in [-0.15, -0.1) is 0 Å². The Hall–Kier alpha value is -1.35. The van der Waals surface area contributed by atoms with Crippen molar-refractivity contribution < 1.29 is 9.90 Å². The first-order valence-corrected chi connectivity index (χ1v) is 8.15. The van der Waals surface area contributed by atoms with Gasteiger partial charge in [-0.25, -0.2) is 0 Å². The highest BCUT2D eigenvalue weighted by molar-refractivity contribution is 5.76. The third-order valence-corrected chi connectivity index (χ3v) is 4.73. The van der Waals surface area contributed by atoms with E-state index < -0.39 is 0 Å². The molecule has 21 heavy (non-hydrogen) atoms. The lowest BCUT2D eigenvalue weighted by atomic mass is 9.79. The molecular formula is C18H27NO2. The molecule has 1 amide bonds. The van der Waals surface area contributed by atoms with Crippen molar-refractivity contribution in [1.29, 1.82) is 0 Å². The molecule has 0 spiro atoms. The molecule has 0 heterocycles. The topological polar surface area (TPSA) is 49.3 Å². The summed E-state index contributed by atoms with van der Waals surface area (Å²) in [6.45, 7) is 2.73. The SMILES string of the molecule is CC(CC(=O)NCc1ccccc1CO)C1CCCCC1. The van der Waals surface area contributed by atoms with Crippen LogP contribution in [0.3, 0.4) is 0 Å². The van der Waals surface area contributed by atoms with Gasteiger partial charge in [0.05, 0.1) is 6.61 Å². The Morgan fingerprint density at radius 1 is 1.24 bits per heavy atom. The Kier molecular flexibility index (Phi) is 6.24. The van der Waals surface area contributed by atoms with Crippen LogP contribution >= 0.6 is 0 Å². The van der Waals surface area contributed by atoms with Crippen LogP contribution in [-0.2, 0) is 17.9 Å². The molecule has 1 atom stereocenters. The predicted octanol–water partition coefficient (Wildman–Crippen LogP) is 3.40. The van der Waals surface area contributed by atoms with Crippen LogP contribution in [0.2, 0.25) is 0 Å². The molecule has 0 aromatic heterocycles. The Balaban J connectivity index is 1.78. The molecule has 0 bridgehead atoms. The molecule has 2 rings (SSSR count). The molecule has 116 valence electrons. The number of rotatable bonds is 6. The maximum absolute atomic E-state index is 12.1. The van der Waals surface area contributed by atoms with Crippen molar-refractivity contribution in [2.24, 2.45) is 11.8 Å². The molecule has 1 aliphatic rings. The highest BCUT2D eigenvalue weighted by atomic mass is 16.3. The summed E-state index contributed by atoms with van der Waals surface area (Å²) in [6.07, 6.45) is 7.17. The van der Waals surface area contributed by atoms with E-state index in [1.807, 2.05) is 24.3 Å². The Bertz CT molecular complexity index is 452. The molecule has 1 unspecified atom stereocenters. The molecule has 3 nitrogen and oxygen atoms in total. The van der Waals surface area contributed by atoms with Gasteiger partial charge in [0.1, 0.15) is 0 Å². The van der Waals surface area contributed by atoms with Gasteiger partial charge >= 0.3 is 0 Å². The highest BCUT2D eigenvalue weighted by Crippen LogP contribution is 2.31. The number of benzene rings is 1. The lowest BCUT2D eigenvalue weighted by Crippen LogP contribution is -2.27. The van der Waals surface area contributed by atoms with Gasteiger partial charge in [0.25, 0.3) is 0 Å². The molecule has 1 fully saturated rings. The van der Waals surface area contributed by atoms with E-state index in [9.17, 15) is 9.90 Å². The molecule has 3 heteroatoms. The monoisotopic (exact) mass is 289 g/mol. The van der Waals surface area contributed by atoms with Crippen molar-refractivity contribution in [2.75, 3.05) is 0 Å². The molecular weight excluding hydrogens is 262 g/mol. The van der Waals surface area contributed by atoms with Crippen LogP contribution in [-0.4, -0.2) is 11.0 Å². The molecule has 0 radical (unpaired) electrons. The lowest BCUT2D eigenvalue weighted by Gasteiger charge is -2.27. The Morgan fingerprint density at radius 3 is 2.57 bits per heavy atom. The number of hydrogen-bond acceptors (Lipinski definition) is 2. The number of carbonyl (C=O) groups is 1. The standard InChI is InChI=1S/C18H27NO2/c1-14(15-7-3-2-4-8-15)11-18(21)19-12-16-9-5-6-10-17(16)13-20/h5-6,9-10,14-15,20H,2-4,7-8,11-13H2,1H3,(H,19,21). The quantitative estimate of drug-likeness (QED) is 0.843. The Labute approximate surface area is 127 Å². The zero-order valence-electron chi connectivity index (χ0n) is 13.0. The minimum Gasteiger partial charge on any atom is -0.392 e. The van der Waals surface area contributed by atoms with E-state index in [0.29, 0.717) is 24.8 Å².